The number of aromatic nitrogens is 4. The number of anilines is 1. The Morgan fingerprint density at radius 3 is 2.71 bits per heavy atom. The monoisotopic (exact) mass is 361 g/mol. The van der Waals surface area contributed by atoms with Crippen LogP contribution in [-0.4, -0.2) is 20.2 Å². The highest BCUT2D eigenvalue weighted by atomic mass is 79.9. The standard InChI is InChI=1S/C14H12BrN5S/c15-11-7-6-10(13(16)8-11)9-21-14-17-18-19-20(14)12-4-2-1-3-5-12/h1-8H,9,16H2. The average Bonchev–Trinajstić information content (AvgIpc) is 2.96. The predicted octanol–water partition coefficient (Wildman–Crippen LogP) is 3.30. The molecule has 0 bridgehead atoms. The topological polar surface area (TPSA) is 69.6 Å². The Hall–Kier alpha value is -1.86. The van der Waals surface area contributed by atoms with Crippen LogP contribution in [0.15, 0.2) is 58.2 Å². The first-order valence-corrected chi connectivity index (χ1v) is 8.02. The first-order valence-electron chi connectivity index (χ1n) is 6.24. The van der Waals surface area contributed by atoms with Gasteiger partial charge in [0.15, 0.2) is 0 Å². The fraction of sp³-hybridized carbons (Fsp3) is 0.0714. The van der Waals surface area contributed by atoms with Gasteiger partial charge in [-0.05, 0) is 40.3 Å². The molecule has 0 radical (unpaired) electrons. The highest BCUT2D eigenvalue weighted by Crippen LogP contribution is 2.26. The molecule has 0 amide bonds. The van der Waals surface area contributed by atoms with Crippen molar-refractivity contribution >= 4 is 33.4 Å². The molecular weight excluding hydrogens is 350 g/mol. The van der Waals surface area contributed by atoms with Gasteiger partial charge in [0.25, 0.3) is 0 Å². The van der Waals surface area contributed by atoms with Crippen LogP contribution in [0.3, 0.4) is 0 Å². The summed E-state index contributed by atoms with van der Waals surface area (Å²) < 4.78 is 2.70. The van der Waals surface area contributed by atoms with E-state index in [2.05, 4.69) is 31.5 Å². The van der Waals surface area contributed by atoms with Crippen LogP contribution in [0.25, 0.3) is 5.69 Å². The van der Waals surface area contributed by atoms with Gasteiger partial charge in [-0.3, -0.25) is 0 Å². The minimum Gasteiger partial charge on any atom is -0.398 e. The summed E-state index contributed by atoms with van der Waals surface area (Å²) in [7, 11) is 0. The summed E-state index contributed by atoms with van der Waals surface area (Å²) in [6, 6.07) is 15.7. The normalized spacial score (nSPS) is 10.7. The van der Waals surface area contributed by atoms with Gasteiger partial charge in [-0.25, -0.2) is 0 Å². The van der Waals surface area contributed by atoms with Crippen molar-refractivity contribution in [3.63, 3.8) is 0 Å². The average molecular weight is 362 g/mol. The smallest absolute Gasteiger partial charge is 0.214 e. The number of hydrogen-bond acceptors (Lipinski definition) is 5. The lowest BCUT2D eigenvalue weighted by atomic mass is 10.2. The Balaban J connectivity index is 1.79. The van der Waals surface area contributed by atoms with Crippen LogP contribution in [0, 0.1) is 0 Å². The summed E-state index contributed by atoms with van der Waals surface area (Å²) in [5, 5.41) is 12.6. The molecule has 7 heteroatoms. The molecule has 2 N–H and O–H groups in total. The van der Waals surface area contributed by atoms with Crippen LogP contribution in [0.4, 0.5) is 5.69 Å². The number of benzene rings is 2. The number of nitrogens with two attached hydrogens (primary N) is 1. The van der Waals surface area contributed by atoms with E-state index in [0.717, 1.165) is 26.6 Å². The van der Waals surface area contributed by atoms with E-state index >= 15 is 0 Å². The lowest BCUT2D eigenvalue weighted by Gasteiger charge is -2.06. The number of rotatable bonds is 4. The van der Waals surface area contributed by atoms with Crippen LogP contribution in [0.1, 0.15) is 5.56 Å². The summed E-state index contributed by atoms with van der Waals surface area (Å²) in [6.45, 7) is 0. The van der Waals surface area contributed by atoms with Crippen LogP contribution in [-0.2, 0) is 5.75 Å². The lowest BCUT2D eigenvalue weighted by molar-refractivity contribution is 0.756. The van der Waals surface area contributed by atoms with Crippen molar-refractivity contribution in [2.75, 3.05) is 5.73 Å². The predicted molar refractivity (Wildman–Crippen MR) is 87.3 cm³/mol. The van der Waals surface area contributed by atoms with Crippen LogP contribution in [0.5, 0.6) is 0 Å². The molecule has 0 spiro atoms. The number of hydrogen-bond donors (Lipinski definition) is 1. The van der Waals surface area contributed by atoms with E-state index in [-0.39, 0.29) is 0 Å². The fourth-order valence-electron chi connectivity index (χ4n) is 1.84. The Morgan fingerprint density at radius 2 is 1.95 bits per heavy atom. The van der Waals surface area contributed by atoms with E-state index in [9.17, 15) is 0 Å². The quantitative estimate of drug-likeness (QED) is 0.570. The summed E-state index contributed by atoms with van der Waals surface area (Å²) >= 11 is 4.96. The third-order valence-electron chi connectivity index (χ3n) is 2.91. The Kier molecular flexibility index (Phi) is 4.21. The minimum atomic E-state index is 0.715. The van der Waals surface area contributed by atoms with Crippen molar-refractivity contribution in [3.05, 3.63) is 58.6 Å². The molecule has 3 rings (SSSR count). The van der Waals surface area contributed by atoms with Crippen LogP contribution >= 0.6 is 27.7 Å². The highest BCUT2D eigenvalue weighted by Gasteiger charge is 2.10. The zero-order chi connectivity index (χ0) is 14.7. The summed E-state index contributed by atoms with van der Waals surface area (Å²) in [4.78, 5) is 0. The van der Waals surface area contributed by atoms with E-state index in [1.165, 1.54) is 0 Å². The van der Waals surface area contributed by atoms with E-state index in [0.29, 0.717) is 5.75 Å². The number of tetrazole rings is 1. The molecule has 0 aliphatic heterocycles. The molecule has 106 valence electrons. The molecule has 0 saturated heterocycles. The van der Waals surface area contributed by atoms with Crippen molar-refractivity contribution in [1.82, 2.24) is 20.2 Å². The van der Waals surface area contributed by atoms with Crippen molar-refractivity contribution < 1.29 is 0 Å². The van der Waals surface area contributed by atoms with E-state index in [1.807, 2.05) is 48.5 Å². The molecule has 0 aliphatic carbocycles. The first kappa shape index (κ1) is 14.1. The molecule has 5 nitrogen and oxygen atoms in total. The minimum absolute atomic E-state index is 0.715. The van der Waals surface area contributed by atoms with Crippen LogP contribution < -0.4 is 5.73 Å². The van der Waals surface area contributed by atoms with Gasteiger partial charge >= 0.3 is 0 Å². The van der Waals surface area contributed by atoms with Gasteiger partial charge in [0, 0.05) is 15.9 Å². The van der Waals surface area contributed by atoms with Crippen molar-refractivity contribution in [1.29, 1.82) is 0 Å². The van der Waals surface area contributed by atoms with Gasteiger partial charge in [-0.15, -0.1) is 5.10 Å². The second-order valence-electron chi connectivity index (χ2n) is 4.34. The van der Waals surface area contributed by atoms with E-state index in [1.54, 1.807) is 16.4 Å². The zero-order valence-corrected chi connectivity index (χ0v) is 13.4. The second kappa shape index (κ2) is 6.28. The molecule has 0 saturated carbocycles. The second-order valence-corrected chi connectivity index (χ2v) is 6.20. The maximum atomic E-state index is 6.01. The summed E-state index contributed by atoms with van der Waals surface area (Å²) in [6.07, 6.45) is 0. The largest absolute Gasteiger partial charge is 0.398 e. The van der Waals surface area contributed by atoms with Crippen molar-refractivity contribution in [2.24, 2.45) is 0 Å². The molecule has 0 atom stereocenters. The summed E-state index contributed by atoms with van der Waals surface area (Å²) in [5.41, 5.74) is 8.77. The SMILES string of the molecule is Nc1cc(Br)ccc1CSc1nnnn1-c1ccccc1. The Bertz CT molecular complexity index is 744. The molecule has 2 aromatic carbocycles. The van der Waals surface area contributed by atoms with Crippen molar-refractivity contribution in [2.45, 2.75) is 10.9 Å². The van der Waals surface area contributed by atoms with Gasteiger partial charge in [0.1, 0.15) is 0 Å². The summed E-state index contributed by atoms with van der Waals surface area (Å²) in [5.74, 6) is 0.715. The van der Waals surface area contributed by atoms with E-state index in [4.69, 9.17) is 5.73 Å². The molecule has 0 aliphatic rings. The third kappa shape index (κ3) is 3.25. The van der Waals surface area contributed by atoms with Gasteiger partial charge in [0.05, 0.1) is 5.69 Å². The number of thioether (sulfide) groups is 1. The lowest BCUT2D eigenvalue weighted by Crippen LogP contribution is -1.99. The highest BCUT2D eigenvalue weighted by molar-refractivity contribution is 9.10. The molecule has 1 heterocycles. The number of nitrogens with zero attached hydrogens (tertiary/aromatic N) is 4. The van der Waals surface area contributed by atoms with E-state index < -0.39 is 0 Å². The Morgan fingerprint density at radius 1 is 1.14 bits per heavy atom. The maximum absolute atomic E-state index is 6.01. The number of nitrogen functional groups attached to an aromatic ring is 1. The molecule has 1 aromatic heterocycles. The van der Waals surface area contributed by atoms with Gasteiger partial charge in [-0.1, -0.05) is 52.0 Å². The van der Waals surface area contributed by atoms with Gasteiger partial charge < -0.3 is 5.73 Å². The molecule has 0 unspecified atom stereocenters. The molecule has 0 fully saturated rings. The third-order valence-corrected chi connectivity index (χ3v) is 4.37. The van der Waals surface area contributed by atoms with Crippen molar-refractivity contribution in [3.8, 4) is 5.69 Å². The number of para-hydroxylation sites is 1. The molecule has 3 aromatic rings. The number of halogens is 1. The maximum Gasteiger partial charge on any atom is 0.214 e. The fourth-order valence-corrected chi connectivity index (χ4v) is 3.12. The molecular formula is C14H12BrN5S. The van der Waals surface area contributed by atoms with Gasteiger partial charge in [-0.2, -0.15) is 4.68 Å². The van der Waals surface area contributed by atoms with Gasteiger partial charge in [0.2, 0.25) is 5.16 Å². The Labute approximate surface area is 134 Å². The first-order chi connectivity index (χ1) is 10.2. The van der Waals surface area contributed by atoms with Crippen LogP contribution in [0.2, 0.25) is 0 Å². The zero-order valence-electron chi connectivity index (χ0n) is 11.0. The molecule has 21 heavy (non-hydrogen) atoms.